The average Bonchev–Trinajstić information content (AvgIpc) is 2.77. The van der Waals surface area contributed by atoms with Crippen LogP contribution < -0.4 is 9.47 Å². The predicted molar refractivity (Wildman–Crippen MR) is 113 cm³/mol. The van der Waals surface area contributed by atoms with Gasteiger partial charge in [-0.2, -0.15) is 0 Å². The Labute approximate surface area is 170 Å². The summed E-state index contributed by atoms with van der Waals surface area (Å²) in [5.74, 6) is 1.42. The van der Waals surface area contributed by atoms with Gasteiger partial charge in [0.05, 0.1) is 32.9 Å². The van der Waals surface area contributed by atoms with Crippen molar-refractivity contribution in [3.63, 3.8) is 0 Å². The monoisotopic (exact) mass is 391 g/mol. The molecule has 1 amide bonds. The van der Waals surface area contributed by atoms with E-state index in [0.717, 1.165) is 27.6 Å². The maximum Gasteiger partial charge on any atom is 0.257 e. The van der Waals surface area contributed by atoms with E-state index in [4.69, 9.17) is 14.2 Å². The number of carbonyl (C=O) groups is 1. The Hall–Kier alpha value is -3.05. The first-order chi connectivity index (χ1) is 14.1. The molecular formula is C24H25NO4. The fourth-order valence-electron chi connectivity index (χ4n) is 3.75. The van der Waals surface area contributed by atoms with Crippen molar-refractivity contribution in [1.29, 1.82) is 0 Å². The Morgan fingerprint density at radius 1 is 1.00 bits per heavy atom. The van der Waals surface area contributed by atoms with Gasteiger partial charge in [-0.25, -0.2) is 0 Å². The zero-order valence-electron chi connectivity index (χ0n) is 17.0. The molecule has 0 radical (unpaired) electrons. The molecule has 1 aliphatic heterocycles. The number of hydrogen-bond donors (Lipinski definition) is 0. The van der Waals surface area contributed by atoms with E-state index in [1.807, 2.05) is 48.2 Å². The van der Waals surface area contributed by atoms with Crippen molar-refractivity contribution >= 4 is 16.7 Å². The van der Waals surface area contributed by atoms with Crippen LogP contribution in [0.2, 0.25) is 0 Å². The van der Waals surface area contributed by atoms with E-state index < -0.39 is 0 Å². The van der Waals surface area contributed by atoms with Gasteiger partial charge in [0.15, 0.2) is 0 Å². The third-order valence-corrected chi connectivity index (χ3v) is 5.38. The Morgan fingerprint density at radius 3 is 2.59 bits per heavy atom. The number of ether oxygens (including phenoxy) is 3. The molecule has 0 N–H and O–H groups in total. The van der Waals surface area contributed by atoms with E-state index in [9.17, 15) is 4.79 Å². The summed E-state index contributed by atoms with van der Waals surface area (Å²) in [6.45, 7) is 3.57. The van der Waals surface area contributed by atoms with Gasteiger partial charge in [-0.15, -0.1) is 0 Å². The number of rotatable bonds is 4. The number of nitrogens with zero attached hydrogens (tertiary/aromatic N) is 1. The van der Waals surface area contributed by atoms with Crippen LogP contribution in [0.4, 0.5) is 0 Å². The molecule has 3 aromatic rings. The van der Waals surface area contributed by atoms with E-state index in [2.05, 4.69) is 18.2 Å². The van der Waals surface area contributed by atoms with E-state index >= 15 is 0 Å². The summed E-state index contributed by atoms with van der Waals surface area (Å²) in [4.78, 5) is 15.0. The molecule has 150 valence electrons. The van der Waals surface area contributed by atoms with Gasteiger partial charge in [-0.1, -0.05) is 24.3 Å². The lowest BCUT2D eigenvalue weighted by Gasteiger charge is -2.33. The Kier molecular flexibility index (Phi) is 5.41. The van der Waals surface area contributed by atoms with Crippen LogP contribution >= 0.6 is 0 Å². The van der Waals surface area contributed by atoms with Crippen LogP contribution in [-0.4, -0.2) is 44.7 Å². The quantitative estimate of drug-likeness (QED) is 0.662. The molecule has 0 aromatic heterocycles. The van der Waals surface area contributed by atoms with Crippen molar-refractivity contribution in [3.8, 4) is 11.5 Å². The summed E-state index contributed by atoms with van der Waals surface area (Å²) >= 11 is 0. The highest BCUT2D eigenvalue weighted by Gasteiger charge is 2.27. The van der Waals surface area contributed by atoms with Gasteiger partial charge < -0.3 is 19.1 Å². The van der Waals surface area contributed by atoms with Crippen LogP contribution in [0.1, 0.15) is 27.6 Å². The molecule has 1 heterocycles. The minimum absolute atomic E-state index is 0.0272. The van der Waals surface area contributed by atoms with E-state index in [-0.39, 0.29) is 12.0 Å². The first kappa shape index (κ1) is 19.3. The maximum absolute atomic E-state index is 13.1. The maximum atomic E-state index is 13.1. The van der Waals surface area contributed by atoms with Crippen molar-refractivity contribution in [2.75, 3.05) is 33.9 Å². The minimum Gasteiger partial charge on any atom is -0.497 e. The van der Waals surface area contributed by atoms with Crippen molar-refractivity contribution in [1.82, 2.24) is 4.90 Å². The lowest BCUT2D eigenvalue weighted by molar-refractivity contribution is -0.0228. The molecule has 0 saturated carbocycles. The van der Waals surface area contributed by atoms with Crippen molar-refractivity contribution in [2.24, 2.45) is 0 Å². The average molecular weight is 391 g/mol. The second kappa shape index (κ2) is 8.13. The van der Waals surface area contributed by atoms with Crippen LogP contribution in [-0.2, 0) is 4.74 Å². The number of aryl methyl sites for hydroxylation is 1. The molecule has 0 spiro atoms. The molecule has 1 atom stereocenters. The molecule has 1 fully saturated rings. The molecule has 1 aliphatic rings. The van der Waals surface area contributed by atoms with Gasteiger partial charge in [-0.3, -0.25) is 4.79 Å². The predicted octanol–water partition coefficient (Wildman–Crippen LogP) is 4.38. The Morgan fingerprint density at radius 2 is 1.79 bits per heavy atom. The summed E-state index contributed by atoms with van der Waals surface area (Å²) in [7, 11) is 3.26. The van der Waals surface area contributed by atoms with Gasteiger partial charge in [0.25, 0.3) is 5.91 Å². The summed E-state index contributed by atoms with van der Waals surface area (Å²) < 4.78 is 16.7. The molecular weight excluding hydrogens is 366 g/mol. The Bertz CT molecular complexity index is 1050. The smallest absolute Gasteiger partial charge is 0.257 e. The molecule has 0 aliphatic carbocycles. The standard InChI is InChI=1S/C24H25NO4/c1-16-4-9-21(22(12-16)28-3)24(26)25-10-11-29-23(15-25)19-6-5-18-14-20(27-2)8-7-17(18)13-19/h4-9,12-14,23H,10-11,15H2,1-3H3. The van der Waals surface area contributed by atoms with Crippen molar-refractivity contribution in [2.45, 2.75) is 13.0 Å². The van der Waals surface area contributed by atoms with Gasteiger partial charge >= 0.3 is 0 Å². The molecule has 1 unspecified atom stereocenters. The van der Waals surface area contributed by atoms with Crippen LogP contribution in [0.15, 0.2) is 54.6 Å². The second-order valence-electron chi connectivity index (χ2n) is 7.29. The third-order valence-electron chi connectivity index (χ3n) is 5.38. The van der Waals surface area contributed by atoms with Gasteiger partial charge in [0.2, 0.25) is 0 Å². The highest BCUT2D eigenvalue weighted by atomic mass is 16.5. The normalized spacial score (nSPS) is 16.7. The molecule has 3 aromatic carbocycles. The minimum atomic E-state index is -0.157. The van der Waals surface area contributed by atoms with Crippen LogP contribution in [0, 0.1) is 6.92 Å². The SMILES string of the molecule is COc1ccc2cc(C3CN(C(=O)c4ccc(C)cc4OC)CCO3)ccc2c1. The topological polar surface area (TPSA) is 48.0 Å². The third kappa shape index (κ3) is 3.91. The van der Waals surface area contributed by atoms with Gasteiger partial charge in [0.1, 0.15) is 17.6 Å². The van der Waals surface area contributed by atoms with Crippen LogP contribution in [0.5, 0.6) is 11.5 Å². The lowest BCUT2D eigenvalue weighted by atomic mass is 10.0. The summed E-state index contributed by atoms with van der Waals surface area (Å²) in [5.41, 5.74) is 2.71. The number of carbonyl (C=O) groups excluding carboxylic acids is 1. The lowest BCUT2D eigenvalue weighted by Crippen LogP contribution is -2.42. The summed E-state index contributed by atoms with van der Waals surface area (Å²) in [5, 5.41) is 2.23. The fraction of sp³-hybridized carbons (Fsp3) is 0.292. The molecule has 5 nitrogen and oxygen atoms in total. The number of amides is 1. The molecule has 0 bridgehead atoms. The summed E-state index contributed by atoms with van der Waals surface area (Å²) in [6, 6.07) is 17.9. The fourth-order valence-corrected chi connectivity index (χ4v) is 3.75. The number of morpholine rings is 1. The first-order valence-electron chi connectivity index (χ1n) is 9.72. The van der Waals surface area contributed by atoms with Crippen LogP contribution in [0.3, 0.4) is 0 Å². The van der Waals surface area contributed by atoms with Gasteiger partial charge in [-0.05, 0) is 59.2 Å². The van der Waals surface area contributed by atoms with E-state index in [1.165, 1.54) is 0 Å². The number of fused-ring (bicyclic) bond motifs is 1. The molecule has 29 heavy (non-hydrogen) atoms. The van der Waals surface area contributed by atoms with Crippen molar-refractivity contribution < 1.29 is 19.0 Å². The first-order valence-corrected chi connectivity index (χ1v) is 9.72. The molecule has 5 heteroatoms. The van der Waals surface area contributed by atoms with Crippen molar-refractivity contribution in [3.05, 3.63) is 71.3 Å². The van der Waals surface area contributed by atoms with Crippen LogP contribution in [0.25, 0.3) is 10.8 Å². The summed E-state index contributed by atoms with van der Waals surface area (Å²) in [6.07, 6.45) is -0.157. The van der Waals surface area contributed by atoms with Gasteiger partial charge in [0, 0.05) is 6.54 Å². The molecule has 1 saturated heterocycles. The van der Waals surface area contributed by atoms with E-state index in [0.29, 0.717) is 31.0 Å². The molecule has 4 rings (SSSR count). The Balaban J connectivity index is 1.57. The second-order valence-corrected chi connectivity index (χ2v) is 7.29. The van der Waals surface area contributed by atoms with E-state index in [1.54, 1.807) is 14.2 Å². The highest BCUT2D eigenvalue weighted by molar-refractivity contribution is 5.97. The zero-order valence-corrected chi connectivity index (χ0v) is 17.0. The number of benzene rings is 3. The largest absolute Gasteiger partial charge is 0.497 e. The number of methoxy groups -OCH3 is 2. The zero-order chi connectivity index (χ0) is 20.4. The number of hydrogen-bond acceptors (Lipinski definition) is 4. The highest BCUT2D eigenvalue weighted by Crippen LogP contribution is 2.29.